The van der Waals surface area contributed by atoms with Gasteiger partial charge in [0.25, 0.3) is 0 Å². The first-order chi connectivity index (χ1) is 11.8. The van der Waals surface area contributed by atoms with E-state index in [0.717, 1.165) is 45.1 Å². The van der Waals surface area contributed by atoms with Crippen LogP contribution in [0.25, 0.3) is 6.08 Å². The lowest BCUT2D eigenvalue weighted by atomic mass is 10.2. The molecule has 4 nitrogen and oxygen atoms in total. The number of hydrogen-bond acceptors (Lipinski definition) is 3. The summed E-state index contributed by atoms with van der Waals surface area (Å²) in [6, 6.07) is 12.6. The maximum Gasteiger partial charge on any atom is 0.119 e. The Morgan fingerprint density at radius 1 is 1.17 bits per heavy atom. The van der Waals surface area contributed by atoms with Crippen molar-refractivity contribution in [1.29, 1.82) is 0 Å². The third-order valence-electron chi connectivity index (χ3n) is 4.21. The second-order valence-electron chi connectivity index (χ2n) is 6.01. The Morgan fingerprint density at radius 3 is 2.88 bits per heavy atom. The lowest BCUT2D eigenvalue weighted by Crippen LogP contribution is -2.35. The summed E-state index contributed by atoms with van der Waals surface area (Å²) >= 11 is 0. The molecule has 0 unspecified atom stereocenters. The van der Waals surface area contributed by atoms with E-state index in [9.17, 15) is 0 Å². The van der Waals surface area contributed by atoms with Gasteiger partial charge in [0.15, 0.2) is 0 Å². The molecule has 1 aromatic carbocycles. The van der Waals surface area contributed by atoms with Crippen molar-refractivity contribution in [2.75, 3.05) is 32.9 Å². The molecule has 3 rings (SSSR count). The third-order valence-corrected chi connectivity index (χ3v) is 4.21. The molecule has 1 aliphatic heterocycles. The molecule has 4 heteroatoms. The van der Waals surface area contributed by atoms with Gasteiger partial charge in [-0.1, -0.05) is 18.2 Å². The van der Waals surface area contributed by atoms with E-state index in [4.69, 9.17) is 9.47 Å². The van der Waals surface area contributed by atoms with Crippen LogP contribution in [0.3, 0.4) is 0 Å². The van der Waals surface area contributed by atoms with Gasteiger partial charge in [0.05, 0.1) is 19.8 Å². The molecule has 1 fully saturated rings. The van der Waals surface area contributed by atoms with Crippen LogP contribution in [0.2, 0.25) is 0 Å². The molecule has 0 saturated carbocycles. The molecule has 0 atom stereocenters. The van der Waals surface area contributed by atoms with Crippen LogP contribution < -0.4 is 4.74 Å². The molecule has 2 heterocycles. The van der Waals surface area contributed by atoms with Gasteiger partial charge in [0, 0.05) is 31.5 Å². The van der Waals surface area contributed by atoms with Gasteiger partial charge in [-0.05, 0) is 42.8 Å². The Hall–Kier alpha value is -2.04. The maximum absolute atomic E-state index is 5.95. The molecule has 1 aliphatic rings. The van der Waals surface area contributed by atoms with Gasteiger partial charge >= 0.3 is 0 Å². The van der Waals surface area contributed by atoms with Gasteiger partial charge in [-0.25, -0.2) is 0 Å². The summed E-state index contributed by atoms with van der Waals surface area (Å²) in [7, 11) is 0. The first kappa shape index (κ1) is 16.8. The molecule has 0 radical (unpaired) electrons. The molecule has 24 heavy (non-hydrogen) atoms. The molecular weight excluding hydrogens is 300 g/mol. The first-order valence-electron chi connectivity index (χ1n) is 8.65. The summed E-state index contributed by atoms with van der Waals surface area (Å²) in [4.78, 5) is 2.42. The van der Waals surface area contributed by atoms with Crippen LogP contribution in [0.4, 0.5) is 0 Å². The summed E-state index contributed by atoms with van der Waals surface area (Å²) in [6.45, 7) is 8.19. The van der Waals surface area contributed by atoms with Crippen LogP contribution in [0.5, 0.6) is 5.75 Å². The Bertz CT molecular complexity index is 657. The molecule has 1 saturated heterocycles. The number of ether oxygens (including phenoxy) is 2. The number of nitrogens with zero attached hydrogens (tertiary/aromatic N) is 2. The quantitative estimate of drug-likeness (QED) is 0.780. The van der Waals surface area contributed by atoms with E-state index < -0.39 is 0 Å². The standard InChI is InChI=1S/C20H26N2O2/c1-2-5-19-7-4-9-22(19)12-15-24-20-8-3-6-18(16-20)17-21-10-13-23-14-11-21/h2-9,16H,10-15,17H2,1H3/b5-2+. The number of benzene rings is 1. The molecular formula is C20H26N2O2. The summed E-state index contributed by atoms with van der Waals surface area (Å²) in [5.74, 6) is 0.945. The normalized spacial score (nSPS) is 15.9. The molecule has 0 amide bonds. The van der Waals surface area contributed by atoms with E-state index in [1.807, 2.05) is 13.0 Å². The first-order valence-corrected chi connectivity index (χ1v) is 8.65. The fourth-order valence-electron chi connectivity index (χ4n) is 2.97. The minimum Gasteiger partial charge on any atom is -0.492 e. The van der Waals surface area contributed by atoms with Crippen molar-refractivity contribution in [2.24, 2.45) is 0 Å². The van der Waals surface area contributed by atoms with Crippen LogP contribution in [0.15, 0.2) is 48.7 Å². The van der Waals surface area contributed by atoms with Gasteiger partial charge < -0.3 is 14.0 Å². The fraction of sp³-hybridized carbons (Fsp3) is 0.400. The van der Waals surface area contributed by atoms with E-state index in [2.05, 4.69) is 58.1 Å². The fourth-order valence-corrected chi connectivity index (χ4v) is 2.97. The number of rotatable bonds is 7. The SMILES string of the molecule is C/C=C/c1cccn1CCOc1cccc(CN2CCOCC2)c1. The predicted octanol–water partition coefficient (Wildman–Crippen LogP) is 3.43. The minimum atomic E-state index is 0.667. The van der Waals surface area contributed by atoms with Crippen LogP contribution in [-0.2, 0) is 17.8 Å². The van der Waals surface area contributed by atoms with Crippen LogP contribution in [0, 0.1) is 0 Å². The van der Waals surface area contributed by atoms with Gasteiger partial charge in [0.1, 0.15) is 12.4 Å². The minimum absolute atomic E-state index is 0.667. The van der Waals surface area contributed by atoms with Crippen LogP contribution >= 0.6 is 0 Å². The zero-order valence-corrected chi connectivity index (χ0v) is 14.4. The summed E-state index contributed by atoms with van der Waals surface area (Å²) < 4.78 is 13.6. The van der Waals surface area contributed by atoms with E-state index in [0.29, 0.717) is 6.61 Å². The lowest BCUT2D eigenvalue weighted by Gasteiger charge is -2.26. The summed E-state index contributed by atoms with van der Waals surface area (Å²) in [5.41, 5.74) is 2.51. The van der Waals surface area contributed by atoms with Gasteiger partial charge in [-0.3, -0.25) is 4.90 Å². The molecule has 0 spiro atoms. The van der Waals surface area contributed by atoms with Crippen molar-refractivity contribution in [3.8, 4) is 5.75 Å². The smallest absolute Gasteiger partial charge is 0.119 e. The van der Waals surface area contributed by atoms with Crippen molar-refractivity contribution in [2.45, 2.75) is 20.0 Å². The molecule has 1 aromatic heterocycles. The molecule has 0 N–H and O–H groups in total. The highest BCUT2D eigenvalue weighted by Crippen LogP contribution is 2.16. The third kappa shape index (κ3) is 4.73. The van der Waals surface area contributed by atoms with E-state index >= 15 is 0 Å². The van der Waals surface area contributed by atoms with Crippen LogP contribution in [0.1, 0.15) is 18.2 Å². The zero-order chi connectivity index (χ0) is 16.6. The monoisotopic (exact) mass is 326 g/mol. The second-order valence-corrected chi connectivity index (χ2v) is 6.01. The largest absolute Gasteiger partial charge is 0.492 e. The van der Waals surface area contributed by atoms with Gasteiger partial charge in [-0.15, -0.1) is 0 Å². The highest BCUT2D eigenvalue weighted by atomic mass is 16.5. The van der Waals surface area contributed by atoms with Gasteiger partial charge in [-0.2, -0.15) is 0 Å². The van der Waals surface area contributed by atoms with Crippen molar-refractivity contribution in [3.05, 3.63) is 59.9 Å². The van der Waals surface area contributed by atoms with Crippen LogP contribution in [-0.4, -0.2) is 42.4 Å². The number of morpholine rings is 1. The summed E-state index contributed by atoms with van der Waals surface area (Å²) in [6.07, 6.45) is 6.26. The average Bonchev–Trinajstić information content (AvgIpc) is 3.04. The number of aromatic nitrogens is 1. The highest BCUT2D eigenvalue weighted by molar-refractivity contribution is 5.44. The maximum atomic E-state index is 5.95. The predicted molar refractivity (Wildman–Crippen MR) is 97.2 cm³/mol. The van der Waals surface area contributed by atoms with Crippen molar-refractivity contribution in [3.63, 3.8) is 0 Å². The Balaban J connectivity index is 1.51. The lowest BCUT2D eigenvalue weighted by molar-refractivity contribution is 0.0341. The highest BCUT2D eigenvalue weighted by Gasteiger charge is 2.10. The van der Waals surface area contributed by atoms with Crippen molar-refractivity contribution >= 4 is 6.08 Å². The average molecular weight is 326 g/mol. The van der Waals surface area contributed by atoms with E-state index in [1.54, 1.807) is 0 Å². The molecule has 0 bridgehead atoms. The Morgan fingerprint density at radius 2 is 2.04 bits per heavy atom. The van der Waals surface area contributed by atoms with Gasteiger partial charge in [0.2, 0.25) is 0 Å². The Kier molecular flexibility index (Phi) is 6.10. The molecule has 2 aromatic rings. The second kappa shape index (κ2) is 8.71. The van der Waals surface area contributed by atoms with Crippen molar-refractivity contribution < 1.29 is 9.47 Å². The number of allylic oxidation sites excluding steroid dienone is 1. The summed E-state index contributed by atoms with van der Waals surface area (Å²) in [5, 5.41) is 0. The molecule has 0 aliphatic carbocycles. The van der Waals surface area contributed by atoms with E-state index in [-0.39, 0.29) is 0 Å². The zero-order valence-electron chi connectivity index (χ0n) is 14.4. The van der Waals surface area contributed by atoms with Crippen molar-refractivity contribution in [1.82, 2.24) is 9.47 Å². The molecule has 128 valence electrons. The van der Waals surface area contributed by atoms with E-state index in [1.165, 1.54) is 11.3 Å². The topological polar surface area (TPSA) is 26.6 Å². The Labute approximate surface area is 144 Å². The number of hydrogen-bond donors (Lipinski definition) is 0.